The van der Waals surface area contributed by atoms with Gasteiger partial charge in [-0.05, 0) is 37.1 Å². The Hall–Kier alpha value is -0.600. The molecule has 2 heterocycles. The third-order valence-corrected chi connectivity index (χ3v) is 2.42. The maximum Gasteiger partial charge on any atom is 0.0321 e. The largest absolute Gasteiger partial charge is 0.310 e. The van der Waals surface area contributed by atoms with Crippen LogP contribution in [0, 0.1) is 0 Å². The van der Waals surface area contributed by atoms with E-state index >= 15 is 0 Å². The number of piperidine rings is 1. The minimum atomic E-state index is 0. The lowest BCUT2D eigenvalue weighted by Crippen LogP contribution is -2.26. The van der Waals surface area contributed by atoms with Crippen molar-refractivity contribution < 1.29 is 0 Å². The molecule has 1 aromatic heterocycles. The van der Waals surface area contributed by atoms with Gasteiger partial charge in [-0.15, -0.1) is 12.4 Å². The highest BCUT2D eigenvalue weighted by molar-refractivity contribution is 5.85. The molecule has 3 heteroatoms. The summed E-state index contributed by atoms with van der Waals surface area (Å²) < 4.78 is 0. The van der Waals surface area contributed by atoms with E-state index in [1.54, 1.807) is 0 Å². The molecule has 1 N–H and O–H groups in total. The van der Waals surface area contributed by atoms with E-state index in [9.17, 15) is 0 Å². The first-order valence-corrected chi connectivity index (χ1v) is 4.60. The molecule has 2 nitrogen and oxygen atoms in total. The summed E-state index contributed by atoms with van der Waals surface area (Å²) in [6.45, 7) is 1.16. The van der Waals surface area contributed by atoms with Crippen LogP contribution < -0.4 is 5.32 Å². The van der Waals surface area contributed by atoms with Crippen molar-refractivity contribution in [1.82, 2.24) is 10.3 Å². The van der Waals surface area contributed by atoms with Crippen LogP contribution in [0.15, 0.2) is 24.5 Å². The topological polar surface area (TPSA) is 24.9 Å². The average Bonchev–Trinajstić information content (AvgIpc) is 2.21. The zero-order chi connectivity index (χ0) is 8.23. The number of halogens is 1. The molecule has 72 valence electrons. The van der Waals surface area contributed by atoms with Gasteiger partial charge in [0.05, 0.1) is 0 Å². The summed E-state index contributed by atoms with van der Waals surface area (Å²) in [5.41, 5.74) is 1.38. The molecule has 13 heavy (non-hydrogen) atoms. The summed E-state index contributed by atoms with van der Waals surface area (Å²) >= 11 is 0. The zero-order valence-corrected chi connectivity index (χ0v) is 8.39. The van der Waals surface area contributed by atoms with E-state index in [2.05, 4.69) is 22.4 Å². The smallest absolute Gasteiger partial charge is 0.0321 e. The Balaban J connectivity index is 0.000000845. The lowest BCUT2D eigenvalue weighted by atomic mass is 9.99. The molecule has 1 saturated heterocycles. The van der Waals surface area contributed by atoms with Gasteiger partial charge in [-0.25, -0.2) is 0 Å². The number of hydrogen-bond acceptors (Lipinski definition) is 2. The minimum Gasteiger partial charge on any atom is -0.310 e. The van der Waals surface area contributed by atoms with E-state index in [1.165, 1.54) is 24.8 Å². The summed E-state index contributed by atoms with van der Waals surface area (Å²) in [4.78, 5) is 4.01. The van der Waals surface area contributed by atoms with Crippen LogP contribution in [-0.4, -0.2) is 11.5 Å². The van der Waals surface area contributed by atoms with E-state index in [0.29, 0.717) is 6.04 Å². The molecule has 1 aromatic rings. The molecule has 0 bridgehead atoms. The SMILES string of the molecule is Cl.c1cc([C@H]2CCCCN2)ccn1. The third-order valence-electron chi connectivity index (χ3n) is 2.42. The van der Waals surface area contributed by atoms with Gasteiger partial charge in [-0.2, -0.15) is 0 Å². The molecule has 0 aliphatic carbocycles. The second-order valence-electron chi connectivity index (χ2n) is 3.28. The molecule has 1 aliphatic heterocycles. The van der Waals surface area contributed by atoms with Gasteiger partial charge < -0.3 is 5.32 Å². The summed E-state index contributed by atoms with van der Waals surface area (Å²) in [6, 6.07) is 4.77. The molecule has 0 amide bonds. The van der Waals surface area contributed by atoms with Crippen LogP contribution in [0.25, 0.3) is 0 Å². The molecule has 0 spiro atoms. The highest BCUT2D eigenvalue weighted by Crippen LogP contribution is 2.21. The number of rotatable bonds is 1. The number of nitrogens with one attached hydrogen (secondary N) is 1. The normalized spacial score (nSPS) is 22.0. The highest BCUT2D eigenvalue weighted by atomic mass is 35.5. The van der Waals surface area contributed by atoms with Crippen molar-refractivity contribution in [1.29, 1.82) is 0 Å². The van der Waals surface area contributed by atoms with Gasteiger partial charge in [0, 0.05) is 18.4 Å². The molecular weight excluding hydrogens is 184 g/mol. The van der Waals surface area contributed by atoms with E-state index in [-0.39, 0.29) is 12.4 Å². The van der Waals surface area contributed by atoms with E-state index in [0.717, 1.165) is 6.54 Å². The molecule has 0 unspecified atom stereocenters. The van der Waals surface area contributed by atoms with E-state index in [1.807, 2.05) is 12.4 Å². The van der Waals surface area contributed by atoms with Crippen LogP contribution in [0.4, 0.5) is 0 Å². The van der Waals surface area contributed by atoms with E-state index < -0.39 is 0 Å². The predicted octanol–water partition coefficient (Wildman–Crippen LogP) is 2.32. The monoisotopic (exact) mass is 198 g/mol. The Morgan fingerprint density at radius 2 is 2.00 bits per heavy atom. The Morgan fingerprint density at radius 1 is 1.23 bits per heavy atom. The Morgan fingerprint density at radius 3 is 2.62 bits per heavy atom. The molecular formula is C10H15ClN2. The van der Waals surface area contributed by atoms with Gasteiger partial charge in [0.15, 0.2) is 0 Å². The van der Waals surface area contributed by atoms with Crippen molar-refractivity contribution in [2.75, 3.05) is 6.54 Å². The highest BCUT2D eigenvalue weighted by Gasteiger charge is 2.13. The zero-order valence-electron chi connectivity index (χ0n) is 7.57. The van der Waals surface area contributed by atoms with Gasteiger partial charge in [-0.1, -0.05) is 6.42 Å². The molecule has 2 rings (SSSR count). The van der Waals surface area contributed by atoms with E-state index in [4.69, 9.17) is 0 Å². The summed E-state index contributed by atoms with van der Waals surface area (Å²) in [7, 11) is 0. The fraction of sp³-hybridized carbons (Fsp3) is 0.500. The number of aromatic nitrogens is 1. The second-order valence-corrected chi connectivity index (χ2v) is 3.28. The van der Waals surface area contributed by atoms with Crippen molar-refractivity contribution in [2.24, 2.45) is 0 Å². The fourth-order valence-electron chi connectivity index (χ4n) is 1.73. The fourth-order valence-corrected chi connectivity index (χ4v) is 1.73. The van der Waals surface area contributed by atoms with Gasteiger partial charge in [0.25, 0.3) is 0 Å². The molecule has 1 aliphatic rings. The third kappa shape index (κ3) is 2.68. The first-order chi connectivity index (χ1) is 5.97. The average molecular weight is 199 g/mol. The molecule has 0 saturated carbocycles. The van der Waals surface area contributed by atoms with Crippen LogP contribution in [0.3, 0.4) is 0 Å². The quantitative estimate of drug-likeness (QED) is 0.749. The predicted molar refractivity (Wildman–Crippen MR) is 56.1 cm³/mol. The van der Waals surface area contributed by atoms with Crippen molar-refractivity contribution in [3.05, 3.63) is 30.1 Å². The molecule has 1 fully saturated rings. The maximum absolute atomic E-state index is 4.01. The second kappa shape index (κ2) is 5.20. The summed E-state index contributed by atoms with van der Waals surface area (Å²) in [5, 5.41) is 3.51. The summed E-state index contributed by atoms with van der Waals surface area (Å²) in [5.74, 6) is 0. The number of hydrogen-bond donors (Lipinski definition) is 1. The van der Waals surface area contributed by atoms with Crippen LogP contribution in [-0.2, 0) is 0 Å². The number of pyridine rings is 1. The van der Waals surface area contributed by atoms with Crippen molar-refractivity contribution in [3.8, 4) is 0 Å². The first kappa shape index (κ1) is 10.5. The van der Waals surface area contributed by atoms with Crippen molar-refractivity contribution in [3.63, 3.8) is 0 Å². The van der Waals surface area contributed by atoms with Crippen molar-refractivity contribution >= 4 is 12.4 Å². The minimum absolute atomic E-state index is 0. The molecule has 0 aromatic carbocycles. The van der Waals surface area contributed by atoms with Crippen LogP contribution >= 0.6 is 12.4 Å². The van der Waals surface area contributed by atoms with Gasteiger partial charge in [-0.3, -0.25) is 4.98 Å². The maximum atomic E-state index is 4.01. The van der Waals surface area contributed by atoms with Crippen LogP contribution in [0.5, 0.6) is 0 Å². The summed E-state index contributed by atoms with van der Waals surface area (Å²) in [6.07, 6.45) is 7.67. The lowest BCUT2D eigenvalue weighted by molar-refractivity contribution is 0.412. The van der Waals surface area contributed by atoms with Gasteiger partial charge in [0.2, 0.25) is 0 Å². The molecule has 0 radical (unpaired) electrons. The standard InChI is InChI=1S/C10H14N2.ClH/c1-2-6-12-10(3-1)9-4-7-11-8-5-9;/h4-5,7-8,10,12H,1-3,6H2;1H/t10-;/m1./s1. The molecule has 1 atom stereocenters. The first-order valence-electron chi connectivity index (χ1n) is 4.60. The number of nitrogens with zero attached hydrogens (tertiary/aromatic N) is 1. The van der Waals surface area contributed by atoms with Crippen LogP contribution in [0.2, 0.25) is 0 Å². The van der Waals surface area contributed by atoms with Crippen LogP contribution in [0.1, 0.15) is 30.9 Å². The lowest BCUT2D eigenvalue weighted by Gasteiger charge is -2.23. The Bertz CT molecular complexity index is 232. The Kier molecular flexibility index (Phi) is 4.19. The van der Waals surface area contributed by atoms with Gasteiger partial charge >= 0.3 is 0 Å². The van der Waals surface area contributed by atoms with Crippen molar-refractivity contribution in [2.45, 2.75) is 25.3 Å². The Labute approximate surface area is 85.2 Å². The van der Waals surface area contributed by atoms with Gasteiger partial charge in [0.1, 0.15) is 0 Å².